The van der Waals surface area contributed by atoms with Gasteiger partial charge in [0, 0.05) is 61.7 Å². The maximum Gasteiger partial charge on any atom is 0.248 e. The van der Waals surface area contributed by atoms with Gasteiger partial charge in [-0.15, -0.1) is 0 Å². The van der Waals surface area contributed by atoms with E-state index in [0.29, 0.717) is 35.6 Å². The Kier molecular flexibility index (Phi) is 8.60. The summed E-state index contributed by atoms with van der Waals surface area (Å²) in [6, 6.07) is 19.2. The zero-order valence-corrected chi connectivity index (χ0v) is 25.7. The fourth-order valence-electron chi connectivity index (χ4n) is 6.26. The lowest BCUT2D eigenvalue weighted by molar-refractivity contribution is -0.111. The number of ketones is 1. The number of ether oxygens (including phenoxy) is 1. The van der Waals surface area contributed by atoms with Crippen LogP contribution in [0.5, 0.6) is 0 Å². The summed E-state index contributed by atoms with van der Waals surface area (Å²) in [4.78, 5) is 26.3. The summed E-state index contributed by atoms with van der Waals surface area (Å²) in [7, 11) is 3.67. The van der Waals surface area contributed by atoms with Gasteiger partial charge in [0.15, 0.2) is 0 Å². The third kappa shape index (κ3) is 6.29. The van der Waals surface area contributed by atoms with Crippen LogP contribution in [0.15, 0.2) is 79.1 Å². The molecule has 1 saturated carbocycles. The number of benzene rings is 2. The lowest BCUT2D eigenvalue weighted by Crippen LogP contribution is -2.35. The molecule has 0 saturated heterocycles. The summed E-state index contributed by atoms with van der Waals surface area (Å²) in [5.74, 6) is -0.552. The number of nitrogens with one attached hydrogen (secondary N) is 2. The molecule has 6 rings (SSSR count). The maximum atomic E-state index is 13.7. The fourth-order valence-corrected chi connectivity index (χ4v) is 6.26. The second kappa shape index (κ2) is 12.9. The van der Waals surface area contributed by atoms with Crippen molar-refractivity contribution in [3.05, 3.63) is 102 Å². The molecule has 45 heavy (non-hydrogen) atoms. The first-order valence-corrected chi connectivity index (χ1v) is 15.2. The van der Waals surface area contributed by atoms with Crippen LogP contribution in [0.25, 0.3) is 27.5 Å². The maximum absolute atomic E-state index is 13.7. The number of nitriles is 1. The third-order valence-corrected chi connectivity index (χ3v) is 8.64. The van der Waals surface area contributed by atoms with E-state index in [1.165, 1.54) is 12.1 Å². The molecule has 1 aliphatic carbocycles. The number of aromatic nitrogens is 3. The van der Waals surface area contributed by atoms with E-state index in [1.807, 2.05) is 42.0 Å². The molecule has 0 radical (unpaired) electrons. The molecule has 2 aromatic carbocycles. The molecule has 1 amide bonds. The third-order valence-electron chi connectivity index (χ3n) is 8.64. The standard InChI is InChI=1S/C36H36N6O3/c1-23-18-26-22-41(2)40-32(26)20-30(23)29-6-5-17-42-33(29)14-15-34(42)36(44)24-8-13-31(25(19-24)21-37)39-35(43)7-4-16-38-27-9-11-28(45-3)12-10-27/h4-8,13-15,17-20,22,27-28,38H,9-12,16H2,1-3H3,(H,39,43)/b7-4+. The number of rotatable bonds is 9. The molecule has 0 aliphatic heterocycles. The van der Waals surface area contributed by atoms with Crippen LogP contribution in [-0.2, 0) is 16.6 Å². The Bertz CT molecular complexity index is 1970. The van der Waals surface area contributed by atoms with Crippen molar-refractivity contribution in [1.82, 2.24) is 19.5 Å². The van der Waals surface area contributed by atoms with Gasteiger partial charge in [-0.05, 0) is 92.3 Å². The molecule has 5 aromatic rings. The molecular formula is C36H36N6O3. The Balaban J connectivity index is 1.16. The summed E-state index contributed by atoms with van der Waals surface area (Å²) in [6.07, 6.45) is 11.6. The van der Waals surface area contributed by atoms with Crippen molar-refractivity contribution in [2.75, 3.05) is 19.0 Å². The normalized spacial score (nSPS) is 16.8. The molecule has 0 unspecified atom stereocenters. The van der Waals surface area contributed by atoms with Gasteiger partial charge < -0.3 is 19.8 Å². The number of nitrogens with zero attached hydrogens (tertiary/aromatic N) is 4. The molecule has 0 bridgehead atoms. The quantitative estimate of drug-likeness (QED) is 0.160. The van der Waals surface area contributed by atoms with Crippen LogP contribution in [0, 0.1) is 18.3 Å². The zero-order chi connectivity index (χ0) is 31.5. The molecule has 3 aromatic heterocycles. The minimum absolute atomic E-state index is 0.219. The largest absolute Gasteiger partial charge is 0.381 e. The Morgan fingerprint density at radius 3 is 2.69 bits per heavy atom. The van der Waals surface area contributed by atoms with E-state index < -0.39 is 0 Å². The highest BCUT2D eigenvalue weighted by Gasteiger charge is 2.20. The smallest absolute Gasteiger partial charge is 0.248 e. The van der Waals surface area contributed by atoms with Crippen molar-refractivity contribution in [2.24, 2.45) is 7.05 Å². The number of carbonyl (C=O) groups excluding carboxylic acids is 2. The van der Waals surface area contributed by atoms with E-state index in [0.717, 1.165) is 58.8 Å². The number of aryl methyl sites for hydroxylation is 2. The molecule has 0 spiro atoms. The number of carbonyl (C=O) groups is 2. The lowest BCUT2D eigenvalue weighted by atomic mass is 9.93. The average molecular weight is 601 g/mol. The molecule has 1 aliphatic rings. The zero-order valence-electron chi connectivity index (χ0n) is 25.7. The van der Waals surface area contributed by atoms with Crippen molar-refractivity contribution >= 4 is 33.8 Å². The number of anilines is 1. The predicted octanol–water partition coefficient (Wildman–Crippen LogP) is 5.95. The Hall–Kier alpha value is -5.04. The van der Waals surface area contributed by atoms with Crippen LogP contribution in [0.2, 0.25) is 0 Å². The summed E-state index contributed by atoms with van der Waals surface area (Å²) in [5, 5.41) is 21.7. The van der Waals surface area contributed by atoms with Crippen molar-refractivity contribution in [2.45, 2.75) is 44.8 Å². The molecule has 3 heterocycles. The number of pyridine rings is 1. The van der Waals surface area contributed by atoms with Gasteiger partial charge >= 0.3 is 0 Å². The number of methoxy groups -OCH3 is 1. The molecule has 0 atom stereocenters. The number of fused-ring (bicyclic) bond motifs is 2. The minimum atomic E-state index is -0.334. The highest BCUT2D eigenvalue weighted by atomic mass is 16.5. The second-order valence-electron chi connectivity index (χ2n) is 11.6. The van der Waals surface area contributed by atoms with Crippen LogP contribution in [0.3, 0.4) is 0 Å². The highest BCUT2D eigenvalue weighted by molar-refractivity contribution is 6.10. The van der Waals surface area contributed by atoms with Gasteiger partial charge in [-0.1, -0.05) is 12.1 Å². The van der Waals surface area contributed by atoms with Crippen molar-refractivity contribution < 1.29 is 14.3 Å². The van der Waals surface area contributed by atoms with E-state index in [2.05, 4.69) is 40.9 Å². The Morgan fingerprint density at radius 2 is 1.91 bits per heavy atom. The Labute approximate surface area is 262 Å². The number of hydrogen-bond acceptors (Lipinski definition) is 6. The molecule has 9 heteroatoms. The molecule has 9 nitrogen and oxygen atoms in total. The van der Waals surface area contributed by atoms with Crippen molar-refractivity contribution in [3.8, 4) is 17.2 Å². The van der Waals surface area contributed by atoms with Gasteiger partial charge in [0.05, 0.1) is 34.1 Å². The monoisotopic (exact) mass is 600 g/mol. The van der Waals surface area contributed by atoms with Crippen molar-refractivity contribution in [1.29, 1.82) is 5.26 Å². The first-order chi connectivity index (χ1) is 21.8. The van der Waals surface area contributed by atoms with E-state index in [9.17, 15) is 14.9 Å². The highest BCUT2D eigenvalue weighted by Crippen LogP contribution is 2.32. The number of amides is 1. The summed E-state index contributed by atoms with van der Waals surface area (Å²) in [5.41, 5.74) is 6.39. The topological polar surface area (TPSA) is 113 Å². The van der Waals surface area contributed by atoms with Crippen LogP contribution in [-0.4, -0.2) is 51.7 Å². The van der Waals surface area contributed by atoms with Crippen LogP contribution < -0.4 is 10.6 Å². The average Bonchev–Trinajstić information content (AvgIpc) is 3.65. The SMILES string of the molecule is COC1CCC(NC/C=C/C(=O)Nc2ccc(C(=O)c3ccc4c(-c5cc6nn(C)cc6cc5C)cccn34)cc2C#N)CC1. The van der Waals surface area contributed by atoms with Gasteiger partial charge in [-0.25, -0.2) is 0 Å². The predicted molar refractivity (Wildman–Crippen MR) is 175 cm³/mol. The summed E-state index contributed by atoms with van der Waals surface area (Å²) in [6.45, 7) is 2.66. The fraction of sp³-hybridized carbons (Fsp3) is 0.278. The molecular weight excluding hydrogens is 564 g/mol. The lowest BCUT2D eigenvalue weighted by Gasteiger charge is -2.27. The van der Waals surface area contributed by atoms with Crippen LogP contribution in [0.4, 0.5) is 5.69 Å². The van der Waals surface area contributed by atoms with Gasteiger partial charge in [0.1, 0.15) is 6.07 Å². The van der Waals surface area contributed by atoms with Crippen LogP contribution in [0.1, 0.15) is 52.9 Å². The molecule has 1 fully saturated rings. The van der Waals surface area contributed by atoms with Gasteiger partial charge in [0.2, 0.25) is 11.7 Å². The van der Waals surface area contributed by atoms with E-state index in [-0.39, 0.29) is 17.3 Å². The second-order valence-corrected chi connectivity index (χ2v) is 11.6. The molecule has 228 valence electrons. The van der Waals surface area contributed by atoms with Gasteiger partial charge in [-0.2, -0.15) is 10.4 Å². The Morgan fingerprint density at radius 1 is 1.09 bits per heavy atom. The van der Waals surface area contributed by atoms with E-state index in [4.69, 9.17) is 4.74 Å². The number of hydrogen-bond donors (Lipinski definition) is 2. The molecule has 2 N–H and O–H groups in total. The van der Waals surface area contributed by atoms with Gasteiger partial charge in [0.25, 0.3) is 0 Å². The first-order valence-electron chi connectivity index (χ1n) is 15.2. The van der Waals surface area contributed by atoms with Crippen molar-refractivity contribution in [3.63, 3.8) is 0 Å². The summed E-state index contributed by atoms with van der Waals surface area (Å²) < 4.78 is 9.11. The van der Waals surface area contributed by atoms with E-state index in [1.54, 1.807) is 36.1 Å². The van der Waals surface area contributed by atoms with Crippen LogP contribution >= 0.6 is 0 Å². The first kappa shape index (κ1) is 30.0. The minimum Gasteiger partial charge on any atom is -0.381 e. The van der Waals surface area contributed by atoms with Gasteiger partial charge in [-0.3, -0.25) is 14.3 Å². The van der Waals surface area contributed by atoms with E-state index >= 15 is 0 Å². The summed E-state index contributed by atoms with van der Waals surface area (Å²) >= 11 is 0.